The van der Waals surface area contributed by atoms with Crippen LogP contribution in [0.15, 0.2) is 18.5 Å². The van der Waals surface area contributed by atoms with Crippen molar-refractivity contribution < 1.29 is 13.5 Å². The summed E-state index contributed by atoms with van der Waals surface area (Å²) in [7, 11) is 0. The molecule has 0 aromatic carbocycles. The quantitative estimate of drug-likeness (QED) is 0.529. The smallest absolute Gasteiger partial charge is 0.272 e. The molecule has 3 aromatic heterocycles. The molecule has 11 heteroatoms. The SMILES string of the molecule is CCN(C[C@@H]1CC[C@H](C)[C@H]1Nc1nc2c(OCC(F)F)nccn2n1)c1cc(C)ns1. The zero-order valence-electron chi connectivity index (χ0n) is 17.8. The summed E-state index contributed by atoms with van der Waals surface area (Å²) < 4.78 is 36.1. The van der Waals surface area contributed by atoms with Crippen molar-refractivity contribution in [3.63, 3.8) is 0 Å². The van der Waals surface area contributed by atoms with Gasteiger partial charge in [0.2, 0.25) is 11.6 Å². The van der Waals surface area contributed by atoms with Gasteiger partial charge in [-0.3, -0.25) is 0 Å². The normalized spacial score (nSPS) is 21.2. The molecule has 4 rings (SSSR count). The second-order valence-electron chi connectivity index (χ2n) is 7.97. The van der Waals surface area contributed by atoms with Crippen molar-refractivity contribution in [2.75, 3.05) is 29.9 Å². The fraction of sp³-hybridized carbons (Fsp3) is 0.600. The third kappa shape index (κ3) is 4.86. The highest BCUT2D eigenvalue weighted by molar-refractivity contribution is 7.10. The van der Waals surface area contributed by atoms with Crippen molar-refractivity contribution in [2.45, 2.75) is 46.1 Å². The maximum atomic E-state index is 12.5. The van der Waals surface area contributed by atoms with Crippen molar-refractivity contribution in [2.24, 2.45) is 11.8 Å². The Morgan fingerprint density at radius 2 is 2.23 bits per heavy atom. The Kier molecular flexibility index (Phi) is 6.49. The fourth-order valence-electron chi connectivity index (χ4n) is 4.17. The summed E-state index contributed by atoms with van der Waals surface area (Å²) in [6.45, 7) is 7.53. The van der Waals surface area contributed by atoms with Gasteiger partial charge in [-0.15, -0.1) is 5.10 Å². The molecule has 168 valence electrons. The maximum Gasteiger partial charge on any atom is 0.272 e. The molecule has 3 heterocycles. The van der Waals surface area contributed by atoms with E-state index in [1.54, 1.807) is 6.20 Å². The molecular formula is C20H27F2N7OS. The van der Waals surface area contributed by atoms with E-state index in [9.17, 15) is 8.78 Å². The van der Waals surface area contributed by atoms with E-state index in [-0.39, 0.29) is 11.9 Å². The van der Waals surface area contributed by atoms with Crippen molar-refractivity contribution in [3.8, 4) is 5.88 Å². The fourth-order valence-corrected chi connectivity index (χ4v) is 5.00. The van der Waals surface area contributed by atoms with Crippen molar-refractivity contribution >= 4 is 28.1 Å². The van der Waals surface area contributed by atoms with Crippen LogP contribution >= 0.6 is 11.5 Å². The van der Waals surface area contributed by atoms with Crippen LogP contribution in [-0.4, -0.2) is 56.1 Å². The molecule has 0 spiro atoms. The summed E-state index contributed by atoms with van der Waals surface area (Å²) in [5.41, 5.74) is 1.36. The number of nitrogens with one attached hydrogen (secondary N) is 1. The summed E-state index contributed by atoms with van der Waals surface area (Å²) in [4.78, 5) is 10.9. The Hall–Kier alpha value is -2.56. The molecule has 1 saturated carbocycles. The summed E-state index contributed by atoms with van der Waals surface area (Å²) >= 11 is 1.54. The molecule has 3 aromatic rings. The van der Waals surface area contributed by atoms with Crippen LogP contribution in [0.3, 0.4) is 0 Å². The number of aryl methyl sites for hydroxylation is 1. The van der Waals surface area contributed by atoms with Gasteiger partial charge in [0.05, 0.1) is 5.69 Å². The van der Waals surface area contributed by atoms with E-state index < -0.39 is 13.0 Å². The third-order valence-corrected chi connectivity index (χ3v) is 6.68. The first kappa shape index (κ1) is 21.7. The number of fused-ring (bicyclic) bond motifs is 1. The van der Waals surface area contributed by atoms with Gasteiger partial charge in [-0.1, -0.05) is 6.92 Å². The molecule has 3 atom stereocenters. The number of anilines is 2. The maximum absolute atomic E-state index is 12.5. The van der Waals surface area contributed by atoms with Gasteiger partial charge in [0.1, 0.15) is 5.00 Å². The highest BCUT2D eigenvalue weighted by Gasteiger charge is 2.35. The number of hydrogen-bond acceptors (Lipinski definition) is 8. The van der Waals surface area contributed by atoms with Crippen LogP contribution in [0.5, 0.6) is 5.88 Å². The van der Waals surface area contributed by atoms with Gasteiger partial charge in [0, 0.05) is 31.5 Å². The molecule has 8 nitrogen and oxygen atoms in total. The van der Waals surface area contributed by atoms with Crippen molar-refractivity contribution in [1.29, 1.82) is 0 Å². The Labute approximate surface area is 183 Å². The first-order chi connectivity index (χ1) is 14.9. The largest absolute Gasteiger partial charge is 0.469 e. The van der Waals surface area contributed by atoms with E-state index in [2.05, 4.69) is 49.6 Å². The topological polar surface area (TPSA) is 80.5 Å². The number of rotatable bonds is 9. The van der Waals surface area contributed by atoms with Crippen LogP contribution in [0.4, 0.5) is 19.7 Å². The van der Waals surface area contributed by atoms with Gasteiger partial charge in [0.15, 0.2) is 6.61 Å². The first-order valence-electron chi connectivity index (χ1n) is 10.5. The Bertz CT molecular complexity index is 1010. The van der Waals surface area contributed by atoms with Gasteiger partial charge < -0.3 is 15.0 Å². The average Bonchev–Trinajstić information content (AvgIpc) is 3.44. The molecule has 0 saturated heterocycles. The number of nitrogens with zero attached hydrogens (tertiary/aromatic N) is 6. The number of aromatic nitrogens is 5. The molecule has 1 aliphatic rings. The molecule has 0 amide bonds. The van der Waals surface area contributed by atoms with E-state index in [1.165, 1.54) is 27.2 Å². The van der Waals surface area contributed by atoms with Gasteiger partial charge in [-0.25, -0.2) is 18.3 Å². The van der Waals surface area contributed by atoms with E-state index >= 15 is 0 Å². The van der Waals surface area contributed by atoms with Crippen LogP contribution in [0, 0.1) is 18.8 Å². The van der Waals surface area contributed by atoms with E-state index in [4.69, 9.17) is 4.74 Å². The molecule has 0 bridgehead atoms. The van der Waals surface area contributed by atoms with E-state index in [0.717, 1.165) is 31.6 Å². The van der Waals surface area contributed by atoms with Gasteiger partial charge in [0.25, 0.3) is 12.3 Å². The lowest BCUT2D eigenvalue weighted by Gasteiger charge is -2.29. The number of hydrogen-bond donors (Lipinski definition) is 1. The molecule has 1 aliphatic carbocycles. The number of ether oxygens (including phenoxy) is 1. The molecule has 0 aliphatic heterocycles. The predicted octanol–water partition coefficient (Wildman–Crippen LogP) is 3.89. The standard InChI is InChI=1S/C20H27F2N7OS/c1-4-28(16-9-13(3)27-31-16)10-14-6-5-12(2)17(14)24-20-25-18-19(30-11-15(21)22)23-7-8-29(18)26-20/h7-9,12,14-15,17H,4-6,10-11H2,1-3H3,(H,24,26)/t12-,14-,17+/m0/s1. The summed E-state index contributed by atoms with van der Waals surface area (Å²) in [5, 5.41) is 9.14. The van der Waals surface area contributed by atoms with E-state index in [0.29, 0.717) is 23.4 Å². The first-order valence-corrected chi connectivity index (χ1v) is 11.3. The molecule has 1 fully saturated rings. The van der Waals surface area contributed by atoms with Gasteiger partial charge >= 0.3 is 0 Å². The van der Waals surface area contributed by atoms with Crippen molar-refractivity contribution in [1.82, 2.24) is 24.0 Å². The third-order valence-electron chi connectivity index (χ3n) is 5.74. The zero-order valence-corrected chi connectivity index (χ0v) is 18.6. The second-order valence-corrected chi connectivity index (χ2v) is 8.75. The molecule has 31 heavy (non-hydrogen) atoms. The van der Waals surface area contributed by atoms with Crippen molar-refractivity contribution in [3.05, 3.63) is 24.2 Å². The lowest BCUT2D eigenvalue weighted by molar-refractivity contribution is 0.0801. The van der Waals surface area contributed by atoms with E-state index in [1.807, 2.05) is 6.92 Å². The minimum absolute atomic E-state index is 0.0529. The predicted molar refractivity (Wildman–Crippen MR) is 116 cm³/mol. The molecule has 0 unspecified atom stereocenters. The van der Waals surface area contributed by atoms with Crippen LogP contribution < -0.4 is 15.0 Å². The Morgan fingerprint density at radius 1 is 1.39 bits per heavy atom. The number of alkyl halides is 2. The van der Waals surface area contributed by atoms with Crippen LogP contribution in [0.2, 0.25) is 0 Å². The Morgan fingerprint density at radius 3 is 2.94 bits per heavy atom. The number of halogens is 2. The van der Waals surface area contributed by atoms with Crippen LogP contribution in [-0.2, 0) is 0 Å². The lowest BCUT2D eigenvalue weighted by Crippen LogP contribution is -2.38. The van der Waals surface area contributed by atoms with Crippen LogP contribution in [0.1, 0.15) is 32.4 Å². The molecule has 1 N–H and O–H groups in total. The monoisotopic (exact) mass is 451 g/mol. The minimum Gasteiger partial charge on any atom is -0.469 e. The Balaban J connectivity index is 1.50. The highest BCUT2D eigenvalue weighted by Crippen LogP contribution is 2.35. The molecule has 0 radical (unpaired) electrons. The summed E-state index contributed by atoms with van der Waals surface area (Å²) in [5.74, 6) is 1.40. The van der Waals surface area contributed by atoms with Gasteiger partial charge in [-0.2, -0.15) is 9.36 Å². The molecular weight excluding hydrogens is 424 g/mol. The second kappa shape index (κ2) is 9.29. The zero-order chi connectivity index (χ0) is 22.0. The lowest BCUT2D eigenvalue weighted by atomic mass is 9.98. The highest BCUT2D eigenvalue weighted by atomic mass is 32.1. The van der Waals surface area contributed by atoms with Crippen LogP contribution in [0.25, 0.3) is 5.65 Å². The average molecular weight is 452 g/mol. The summed E-state index contributed by atoms with van der Waals surface area (Å²) in [6, 6.07) is 2.34. The van der Waals surface area contributed by atoms with Gasteiger partial charge in [-0.05, 0) is 56.1 Å². The summed E-state index contributed by atoms with van der Waals surface area (Å²) in [6.07, 6.45) is 2.75. The minimum atomic E-state index is -2.58.